The zero-order chi connectivity index (χ0) is 15.1. The van der Waals surface area contributed by atoms with E-state index in [0.717, 1.165) is 6.54 Å². The molecule has 2 rings (SSSR count). The van der Waals surface area contributed by atoms with Gasteiger partial charge in [-0.3, -0.25) is 6.34 Å². The van der Waals surface area contributed by atoms with E-state index in [4.69, 9.17) is 0 Å². The van der Waals surface area contributed by atoms with Crippen LogP contribution in [0.5, 0.6) is 0 Å². The van der Waals surface area contributed by atoms with Crippen molar-refractivity contribution in [2.24, 2.45) is 4.99 Å². The van der Waals surface area contributed by atoms with Gasteiger partial charge in [0.2, 0.25) is 0 Å². The summed E-state index contributed by atoms with van der Waals surface area (Å²) in [4.78, 5) is 5.73. The molecule has 0 atom stereocenters. The summed E-state index contributed by atoms with van der Waals surface area (Å²) in [5, 5.41) is 0. The molecule has 0 aromatic heterocycles. The van der Waals surface area contributed by atoms with Crippen molar-refractivity contribution in [2.75, 3.05) is 14.1 Å². The van der Waals surface area contributed by atoms with Crippen molar-refractivity contribution in [2.45, 2.75) is 6.54 Å². The molecule has 20 heavy (non-hydrogen) atoms. The second kappa shape index (κ2) is 15.3. The fourth-order valence-corrected chi connectivity index (χ4v) is 1.38. The largest absolute Gasteiger partial charge is 0.214 e. The molecule has 2 aromatic rings. The fourth-order valence-electron chi connectivity index (χ4n) is 1.38. The summed E-state index contributed by atoms with van der Waals surface area (Å²) in [6.07, 6.45) is 2.85. The maximum absolute atomic E-state index is 3.81. The molecular weight excluding hydrogens is 459 g/mol. The standard InChI is InChI=1S/C10H13N2.C5H5.2BrH.Zr/c1-11-9-12(2)8-10-6-4-3-5-7-10;1-2-4-5-3-1;;;/h3-7H,8H2,1-2H3;1-5H;2*1H;/q2*-1;;;+4/p-2. The van der Waals surface area contributed by atoms with E-state index < -0.39 is 0 Å². The van der Waals surface area contributed by atoms with E-state index in [0.29, 0.717) is 0 Å². The second-order valence-electron chi connectivity index (χ2n) is 3.70. The number of hydrogen-bond acceptors (Lipinski definition) is 1. The van der Waals surface area contributed by atoms with Crippen molar-refractivity contribution < 1.29 is 18.5 Å². The minimum absolute atomic E-state index is 0.145. The summed E-state index contributed by atoms with van der Waals surface area (Å²) in [6, 6.07) is 20.3. The minimum Gasteiger partial charge on any atom is -0.214 e. The minimum atomic E-state index is -0.145. The van der Waals surface area contributed by atoms with E-state index in [1.54, 1.807) is 7.05 Å². The molecule has 5 heteroatoms. The molecule has 0 aliphatic rings. The Morgan fingerprint density at radius 2 is 1.70 bits per heavy atom. The summed E-state index contributed by atoms with van der Waals surface area (Å²) in [5.74, 6) is 0. The van der Waals surface area contributed by atoms with Gasteiger partial charge in [0.15, 0.2) is 0 Å². The first kappa shape index (κ1) is 19.9. The van der Waals surface area contributed by atoms with Crippen LogP contribution in [0, 0.1) is 0 Å². The van der Waals surface area contributed by atoms with Crippen molar-refractivity contribution in [1.29, 1.82) is 0 Å². The van der Waals surface area contributed by atoms with Crippen LogP contribution < -0.4 is 0 Å². The van der Waals surface area contributed by atoms with Gasteiger partial charge in [0.05, 0.1) is 0 Å². The number of hydrogen-bond donors (Lipinski definition) is 0. The fraction of sp³-hybridized carbons (Fsp3) is 0.200. The third-order valence-corrected chi connectivity index (χ3v) is 2.09. The molecule has 0 heterocycles. The second-order valence-corrected chi connectivity index (χ2v) is 15.0. The number of nitrogens with zero attached hydrogens (tertiary/aromatic N) is 2. The first-order valence-electron chi connectivity index (χ1n) is 5.97. The van der Waals surface area contributed by atoms with E-state index in [-0.39, 0.29) is 18.5 Å². The third kappa shape index (κ3) is 12.9. The number of halogens is 2. The Hall–Kier alpha value is -0.117. The first-order chi connectivity index (χ1) is 9.74. The van der Waals surface area contributed by atoms with Gasteiger partial charge in [0, 0.05) is 6.54 Å². The van der Waals surface area contributed by atoms with Gasteiger partial charge >= 0.3 is 43.0 Å². The van der Waals surface area contributed by atoms with Crippen molar-refractivity contribution in [3.8, 4) is 0 Å². The molecule has 0 amide bonds. The number of rotatable bonds is 3. The maximum atomic E-state index is 3.81. The molecular formula is C15H18Br2N2Zr. The van der Waals surface area contributed by atoms with Crippen LogP contribution in [0.25, 0.3) is 0 Å². The predicted octanol–water partition coefficient (Wildman–Crippen LogP) is 4.75. The van der Waals surface area contributed by atoms with Gasteiger partial charge in [-0.05, 0) is 19.7 Å². The maximum Gasteiger partial charge on any atom is -0.172 e. The third-order valence-electron chi connectivity index (χ3n) is 2.09. The van der Waals surface area contributed by atoms with Gasteiger partial charge in [-0.15, -0.1) is 0 Å². The van der Waals surface area contributed by atoms with E-state index in [1.165, 1.54) is 5.56 Å². The van der Waals surface area contributed by atoms with Crippen LogP contribution in [0.15, 0.2) is 65.7 Å². The summed E-state index contributed by atoms with van der Waals surface area (Å²) in [5.41, 5.74) is 1.27. The summed E-state index contributed by atoms with van der Waals surface area (Å²) < 4.78 is 0. The molecule has 0 aliphatic heterocycles. The van der Waals surface area contributed by atoms with Crippen LogP contribution in [-0.2, 0) is 25.1 Å². The van der Waals surface area contributed by atoms with Crippen LogP contribution in [0.4, 0.5) is 0 Å². The molecule has 0 unspecified atom stereocenters. The quantitative estimate of drug-likeness (QED) is 0.270. The number of aliphatic imine (C=N–C) groups is 1. The van der Waals surface area contributed by atoms with Crippen molar-refractivity contribution in [1.82, 2.24) is 4.90 Å². The average Bonchev–Trinajstić information content (AvgIpc) is 3.00. The van der Waals surface area contributed by atoms with E-state index in [1.807, 2.05) is 60.5 Å². The van der Waals surface area contributed by atoms with Gasteiger partial charge in [-0.1, -0.05) is 30.3 Å². The average molecular weight is 477 g/mol. The number of benzene rings is 1. The Bertz CT molecular complexity index is 401. The van der Waals surface area contributed by atoms with Crippen molar-refractivity contribution >= 4 is 30.8 Å². The first-order valence-corrected chi connectivity index (χ1v) is 17.2. The Balaban J connectivity index is 0.000000371. The Labute approximate surface area is 145 Å². The smallest absolute Gasteiger partial charge is 0.172 e. The topological polar surface area (TPSA) is 15.6 Å². The molecule has 0 saturated carbocycles. The zero-order valence-corrected chi connectivity index (χ0v) is 17.3. The van der Waals surface area contributed by atoms with Crippen LogP contribution >= 0.6 is 24.4 Å². The molecule has 0 radical (unpaired) electrons. The summed E-state index contributed by atoms with van der Waals surface area (Å²) >= 11 is 6.32. The predicted molar refractivity (Wildman–Crippen MR) is 91.2 cm³/mol. The normalized spacial score (nSPS) is 8.80. The van der Waals surface area contributed by atoms with Crippen molar-refractivity contribution in [3.05, 3.63) is 66.2 Å². The van der Waals surface area contributed by atoms with Gasteiger partial charge in [0.1, 0.15) is 0 Å². The summed E-state index contributed by atoms with van der Waals surface area (Å²) in [7, 11) is 3.68. The van der Waals surface area contributed by atoms with Crippen molar-refractivity contribution in [3.63, 3.8) is 0 Å². The monoisotopic (exact) mass is 474 g/mol. The van der Waals surface area contributed by atoms with Crippen LogP contribution in [-0.4, -0.2) is 25.3 Å². The Morgan fingerprint density at radius 1 is 1.15 bits per heavy atom. The SMILES string of the molecule is CN=[C-]N(C)Cc1ccccc1.[Br][Zr+2][Br].c1cc[cH-]c1. The molecule has 0 N–H and O–H groups in total. The molecule has 0 fully saturated rings. The van der Waals surface area contributed by atoms with Crippen LogP contribution in [0.3, 0.4) is 0 Å². The van der Waals surface area contributed by atoms with E-state index in [9.17, 15) is 0 Å². The molecule has 0 aliphatic carbocycles. The van der Waals surface area contributed by atoms with Gasteiger partial charge < -0.3 is 9.89 Å². The Morgan fingerprint density at radius 3 is 2.10 bits per heavy atom. The van der Waals surface area contributed by atoms with Gasteiger partial charge in [-0.25, -0.2) is 12.1 Å². The van der Waals surface area contributed by atoms with Crippen LogP contribution in [0.2, 0.25) is 0 Å². The Kier molecular flexibility index (Phi) is 15.2. The van der Waals surface area contributed by atoms with Gasteiger partial charge in [-0.2, -0.15) is 18.2 Å². The molecule has 0 spiro atoms. The molecule has 0 saturated heterocycles. The zero-order valence-electron chi connectivity index (χ0n) is 11.6. The van der Waals surface area contributed by atoms with E-state index in [2.05, 4.69) is 47.9 Å². The molecule has 0 bridgehead atoms. The van der Waals surface area contributed by atoms with E-state index >= 15 is 0 Å². The molecule has 2 aromatic carbocycles. The molecule has 2 nitrogen and oxygen atoms in total. The molecule has 106 valence electrons. The van der Waals surface area contributed by atoms with Gasteiger partial charge in [0.25, 0.3) is 0 Å². The van der Waals surface area contributed by atoms with Crippen LogP contribution in [0.1, 0.15) is 5.56 Å². The summed E-state index contributed by atoms with van der Waals surface area (Å²) in [6.45, 7) is 0.859.